The lowest BCUT2D eigenvalue weighted by Gasteiger charge is -2.24. The van der Waals surface area contributed by atoms with Gasteiger partial charge in [0.05, 0.1) is 5.71 Å². The summed E-state index contributed by atoms with van der Waals surface area (Å²) in [6.07, 6.45) is -0.713. The Bertz CT molecular complexity index is 782. The van der Waals surface area contributed by atoms with Crippen LogP contribution >= 0.6 is 0 Å². The standard InChI is InChI=1S/C20H22N2O3/c1-13(2)15-8-10-16(11-9-15)14(3)21-22-20(23)19-12-24-17-6-4-5-7-18(17)25-19/h4-11,13,19H,12H2,1-3H3,(H,22,23)/b21-14+. The Labute approximate surface area is 147 Å². The molecule has 2 aromatic rings. The van der Waals surface area contributed by atoms with Crippen molar-refractivity contribution in [3.05, 3.63) is 59.7 Å². The minimum absolute atomic E-state index is 0.167. The monoisotopic (exact) mass is 338 g/mol. The number of hydrogen-bond donors (Lipinski definition) is 1. The minimum Gasteiger partial charge on any atom is -0.485 e. The normalized spacial score (nSPS) is 16.6. The highest BCUT2D eigenvalue weighted by molar-refractivity contribution is 5.99. The van der Waals surface area contributed by atoms with Crippen LogP contribution in [-0.4, -0.2) is 24.3 Å². The summed E-state index contributed by atoms with van der Waals surface area (Å²) in [5.74, 6) is 1.38. The fraction of sp³-hybridized carbons (Fsp3) is 0.300. The van der Waals surface area contributed by atoms with Crippen LogP contribution in [0.25, 0.3) is 0 Å². The van der Waals surface area contributed by atoms with E-state index in [-0.39, 0.29) is 12.5 Å². The van der Waals surface area contributed by atoms with Crippen LogP contribution in [0.1, 0.15) is 37.8 Å². The van der Waals surface area contributed by atoms with Crippen molar-refractivity contribution < 1.29 is 14.3 Å². The first-order valence-electron chi connectivity index (χ1n) is 8.37. The van der Waals surface area contributed by atoms with Gasteiger partial charge in [-0.05, 0) is 36.1 Å². The molecule has 0 aliphatic carbocycles. The van der Waals surface area contributed by atoms with E-state index in [1.165, 1.54) is 5.56 Å². The van der Waals surface area contributed by atoms with Gasteiger partial charge in [-0.3, -0.25) is 4.79 Å². The molecule has 5 nitrogen and oxygen atoms in total. The van der Waals surface area contributed by atoms with Crippen molar-refractivity contribution in [2.24, 2.45) is 5.10 Å². The number of amides is 1. The second kappa shape index (κ2) is 7.38. The van der Waals surface area contributed by atoms with Crippen LogP contribution in [0.5, 0.6) is 11.5 Å². The van der Waals surface area contributed by atoms with Gasteiger partial charge in [-0.15, -0.1) is 0 Å². The number of carbonyl (C=O) groups excluding carboxylic acids is 1. The van der Waals surface area contributed by atoms with Gasteiger partial charge in [0.1, 0.15) is 6.61 Å². The summed E-state index contributed by atoms with van der Waals surface area (Å²) >= 11 is 0. The number of rotatable bonds is 4. The van der Waals surface area contributed by atoms with Gasteiger partial charge < -0.3 is 9.47 Å². The summed E-state index contributed by atoms with van der Waals surface area (Å²) in [5.41, 5.74) is 5.54. The molecular formula is C20H22N2O3. The molecule has 1 heterocycles. The Hall–Kier alpha value is -2.82. The van der Waals surface area contributed by atoms with Gasteiger partial charge in [0.25, 0.3) is 5.91 Å². The van der Waals surface area contributed by atoms with Crippen LogP contribution in [0.3, 0.4) is 0 Å². The average molecular weight is 338 g/mol. The molecule has 5 heteroatoms. The predicted molar refractivity (Wildman–Crippen MR) is 97.2 cm³/mol. The molecule has 1 aliphatic heterocycles. The van der Waals surface area contributed by atoms with Gasteiger partial charge in [-0.1, -0.05) is 50.2 Å². The van der Waals surface area contributed by atoms with Gasteiger partial charge in [0.15, 0.2) is 11.5 Å². The van der Waals surface area contributed by atoms with Crippen molar-refractivity contribution in [3.63, 3.8) is 0 Å². The lowest BCUT2D eigenvalue weighted by atomic mass is 10.0. The summed E-state index contributed by atoms with van der Waals surface area (Å²) in [6.45, 7) is 6.33. The number of hydrazone groups is 1. The molecule has 25 heavy (non-hydrogen) atoms. The van der Waals surface area contributed by atoms with E-state index in [0.29, 0.717) is 17.4 Å². The molecule has 0 aromatic heterocycles. The maximum absolute atomic E-state index is 12.3. The largest absolute Gasteiger partial charge is 0.485 e. The van der Waals surface area contributed by atoms with Gasteiger partial charge >= 0.3 is 0 Å². The second-order valence-corrected chi connectivity index (χ2v) is 6.31. The van der Waals surface area contributed by atoms with Crippen molar-refractivity contribution >= 4 is 11.6 Å². The minimum atomic E-state index is -0.713. The number of hydrogen-bond acceptors (Lipinski definition) is 4. The molecule has 130 valence electrons. The molecule has 0 bridgehead atoms. The molecule has 0 fully saturated rings. The second-order valence-electron chi connectivity index (χ2n) is 6.31. The topological polar surface area (TPSA) is 59.9 Å². The van der Waals surface area contributed by atoms with Crippen molar-refractivity contribution in [3.8, 4) is 11.5 Å². The fourth-order valence-electron chi connectivity index (χ4n) is 2.53. The maximum Gasteiger partial charge on any atom is 0.284 e. The highest BCUT2D eigenvalue weighted by Gasteiger charge is 2.27. The molecule has 0 saturated carbocycles. The van der Waals surface area contributed by atoms with E-state index < -0.39 is 6.10 Å². The van der Waals surface area contributed by atoms with Crippen LogP contribution in [0.4, 0.5) is 0 Å². The zero-order chi connectivity index (χ0) is 17.8. The van der Waals surface area contributed by atoms with Crippen LogP contribution in [0, 0.1) is 0 Å². The lowest BCUT2D eigenvalue weighted by Crippen LogP contribution is -2.42. The van der Waals surface area contributed by atoms with E-state index in [0.717, 1.165) is 11.3 Å². The third-order valence-corrected chi connectivity index (χ3v) is 4.13. The van der Waals surface area contributed by atoms with Crippen LogP contribution < -0.4 is 14.9 Å². The molecule has 1 aliphatic rings. The molecule has 1 atom stereocenters. The number of nitrogens with zero attached hydrogens (tertiary/aromatic N) is 1. The summed E-state index contributed by atoms with van der Waals surface area (Å²) in [7, 11) is 0. The predicted octanol–water partition coefficient (Wildman–Crippen LogP) is 3.49. The molecule has 0 radical (unpaired) electrons. The van der Waals surface area contributed by atoms with Gasteiger partial charge in [-0.25, -0.2) is 5.43 Å². The number of carbonyl (C=O) groups is 1. The molecule has 1 unspecified atom stereocenters. The first-order chi connectivity index (χ1) is 12.0. The number of nitrogens with one attached hydrogen (secondary N) is 1. The third-order valence-electron chi connectivity index (χ3n) is 4.13. The summed E-state index contributed by atoms with van der Waals surface area (Å²) in [5, 5.41) is 4.18. The molecule has 1 amide bonds. The first kappa shape index (κ1) is 17.0. The molecular weight excluding hydrogens is 316 g/mol. The zero-order valence-electron chi connectivity index (χ0n) is 14.7. The summed E-state index contributed by atoms with van der Waals surface area (Å²) in [6, 6.07) is 15.5. The SMILES string of the molecule is C/C(=N\NC(=O)C1COc2ccccc2O1)c1ccc(C(C)C)cc1. The first-order valence-corrected chi connectivity index (χ1v) is 8.37. The Kier molecular flexibility index (Phi) is 5.03. The molecule has 2 aromatic carbocycles. The van der Waals surface area contributed by atoms with Crippen molar-refractivity contribution in [1.29, 1.82) is 0 Å². The van der Waals surface area contributed by atoms with E-state index in [9.17, 15) is 4.79 Å². The summed E-state index contributed by atoms with van der Waals surface area (Å²) in [4.78, 5) is 12.3. The number of para-hydroxylation sites is 2. The Morgan fingerprint density at radius 1 is 1.12 bits per heavy atom. The lowest BCUT2D eigenvalue weighted by molar-refractivity contribution is -0.130. The van der Waals surface area contributed by atoms with E-state index in [1.54, 1.807) is 6.07 Å². The average Bonchev–Trinajstić information content (AvgIpc) is 2.65. The van der Waals surface area contributed by atoms with Crippen LogP contribution in [-0.2, 0) is 4.79 Å². The highest BCUT2D eigenvalue weighted by Crippen LogP contribution is 2.30. The van der Waals surface area contributed by atoms with Crippen LogP contribution in [0.2, 0.25) is 0 Å². The highest BCUT2D eigenvalue weighted by atomic mass is 16.6. The Balaban J connectivity index is 1.62. The Morgan fingerprint density at radius 3 is 2.48 bits per heavy atom. The smallest absolute Gasteiger partial charge is 0.284 e. The summed E-state index contributed by atoms with van der Waals surface area (Å²) < 4.78 is 11.2. The molecule has 0 saturated heterocycles. The third kappa shape index (κ3) is 3.99. The van der Waals surface area contributed by atoms with Crippen molar-refractivity contribution in [2.75, 3.05) is 6.61 Å². The zero-order valence-corrected chi connectivity index (χ0v) is 14.7. The molecule has 1 N–H and O–H groups in total. The van der Waals surface area contributed by atoms with E-state index in [1.807, 2.05) is 37.3 Å². The van der Waals surface area contributed by atoms with Gasteiger partial charge in [0.2, 0.25) is 6.10 Å². The molecule has 3 rings (SSSR count). The number of ether oxygens (including phenoxy) is 2. The van der Waals surface area contributed by atoms with Gasteiger partial charge in [-0.2, -0.15) is 5.10 Å². The van der Waals surface area contributed by atoms with Crippen molar-refractivity contribution in [1.82, 2.24) is 5.43 Å². The maximum atomic E-state index is 12.3. The molecule has 0 spiro atoms. The Morgan fingerprint density at radius 2 is 1.80 bits per heavy atom. The van der Waals surface area contributed by atoms with E-state index >= 15 is 0 Å². The van der Waals surface area contributed by atoms with Crippen molar-refractivity contribution in [2.45, 2.75) is 32.8 Å². The quantitative estimate of drug-likeness (QED) is 0.686. The van der Waals surface area contributed by atoms with Gasteiger partial charge in [0, 0.05) is 0 Å². The van der Waals surface area contributed by atoms with E-state index in [2.05, 4.69) is 36.5 Å². The van der Waals surface area contributed by atoms with Crippen LogP contribution in [0.15, 0.2) is 53.6 Å². The fourth-order valence-corrected chi connectivity index (χ4v) is 2.53. The number of benzene rings is 2. The number of fused-ring (bicyclic) bond motifs is 1. The van der Waals surface area contributed by atoms with E-state index in [4.69, 9.17) is 9.47 Å².